The van der Waals surface area contributed by atoms with Gasteiger partial charge in [0, 0.05) is 6.42 Å². The standard InChI is InChI=1S/C15H20O3/c1-2-10-16-15-9-8-14(12-18-15)17-11-13-6-4-3-5-7-13/h2-7,14-15H,1,8-12H2. The molecule has 0 bridgehead atoms. The highest BCUT2D eigenvalue weighted by Gasteiger charge is 2.22. The van der Waals surface area contributed by atoms with Crippen LogP contribution in [0.25, 0.3) is 0 Å². The summed E-state index contributed by atoms with van der Waals surface area (Å²) in [5.74, 6) is 0. The summed E-state index contributed by atoms with van der Waals surface area (Å²) in [6, 6.07) is 10.2. The molecule has 0 amide bonds. The fourth-order valence-electron chi connectivity index (χ4n) is 1.93. The van der Waals surface area contributed by atoms with Gasteiger partial charge in [-0.1, -0.05) is 36.4 Å². The van der Waals surface area contributed by atoms with E-state index < -0.39 is 0 Å². The summed E-state index contributed by atoms with van der Waals surface area (Å²) in [5, 5.41) is 0. The fourth-order valence-corrected chi connectivity index (χ4v) is 1.93. The van der Waals surface area contributed by atoms with Gasteiger partial charge in [-0.05, 0) is 12.0 Å². The van der Waals surface area contributed by atoms with E-state index in [0.717, 1.165) is 12.8 Å². The molecule has 1 heterocycles. The van der Waals surface area contributed by atoms with Crippen molar-refractivity contribution in [3.63, 3.8) is 0 Å². The largest absolute Gasteiger partial charge is 0.371 e. The predicted molar refractivity (Wildman–Crippen MR) is 70.1 cm³/mol. The Kier molecular flexibility index (Phi) is 5.39. The van der Waals surface area contributed by atoms with Gasteiger partial charge in [0.15, 0.2) is 6.29 Å². The van der Waals surface area contributed by atoms with E-state index in [4.69, 9.17) is 14.2 Å². The summed E-state index contributed by atoms with van der Waals surface area (Å²) in [6.07, 6.45) is 3.68. The average molecular weight is 248 g/mol. The Morgan fingerprint density at radius 3 is 2.72 bits per heavy atom. The fraction of sp³-hybridized carbons (Fsp3) is 0.467. The third-order valence-electron chi connectivity index (χ3n) is 2.92. The summed E-state index contributed by atoms with van der Waals surface area (Å²) in [6.45, 7) is 5.41. The Balaban J connectivity index is 1.66. The molecule has 0 radical (unpaired) electrons. The van der Waals surface area contributed by atoms with Gasteiger partial charge in [-0.3, -0.25) is 0 Å². The molecule has 1 aromatic carbocycles. The normalized spacial score (nSPS) is 23.8. The van der Waals surface area contributed by atoms with Crippen molar-refractivity contribution >= 4 is 0 Å². The second-order valence-corrected chi connectivity index (χ2v) is 4.38. The minimum absolute atomic E-state index is 0.0976. The number of hydrogen-bond donors (Lipinski definition) is 0. The smallest absolute Gasteiger partial charge is 0.158 e. The van der Waals surface area contributed by atoms with Crippen LogP contribution in [-0.4, -0.2) is 25.6 Å². The van der Waals surface area contributed by atoms with Crippen molar-refractivity contribution in [2.45, 2.75) is 31.8 Å². The number of rotatable bonds is 6. The van der Waals surface area contributed by atoms with Crippen LogP contribution in [0.1, 0.15) is 18.4 Å². The van der Waals surface area contributed by atoms with E-state index in [9.17, 15) is 0 Å². The van der Waals surface area contributed by atoms with Gasteiger partial charge in [-0.2, -0.15) is 0 Å². The van der Waals surface area contributed by atoms with Crippen LogP contribution < -0.4 is 0 Å². The van der Waals surface area contributed by atoms with Crippen LogP contribution >= 0.6 is 0 Å². The molecule has 1 saturated heterocycles. The van der Waals surface area contributed by atoms with Crippen molar-refractivity contribution in [3.8, 4) is 0 Å². The molecule has 98 valence electrons. The first-order valence-corrected chi connectivity index (χ1v) is 6.38. The lowest BCUT2D eigenvalue weighted by molar-refractivity contribution is -0.191. The lowest BCUT2D eigenvalue weighted by atomic mass is 10.1. The quantitative estimate of drug-likeness (QED) is 0.724. The summed E-state index contributed by atoms with van der Waals surface area (Å²) in [5.41, 5.74) is 1.20. The molecular formula is C15H20O3. The predicted octanol–water partition coefficient (Wildman–Crippen LogP) is 2.91. The lowest BCUT2D eigenvalue weighted by Gasteiger charge is -2.28. The van der Waals surface area contributed by atoms with Crippen molar-refractivity contribution in [1.29, 1.82) is 0 Å². The number of ether oxygens (including phenoxy) is 3. The topological polar surface area (TPSA) is 27.7 Å². The van der Waals surface area contributed by atoms with E-state index in [1.54, 1.807) is 6.08 Å². The van der Waals surface area contributed by atoms with Crippen molar-refractivity contribution < 1.29 is 14.2 Å². The number of hydrogen-bond acceptors (Lipinski definition) is 3. The van der Waals surface area contributed by atoms with E-state index in [1.807, 2.05) is 18.2 Å². The van der Waals surface area contributed by atoms with Crippen molar-refractivity contribution in [2.24, 2.45) is 0 Å². The molecule has 2 atom stereocenters. The molecule has 2 unspecified atom stereocenters. The molecule has 1 fully saturated rings. The van der Waals surface area contributed by atoms with E-state index in [1.165, 1.54) is 5.56 Å². The zero-order valence-corrected chi connectivity index (χ0v) is 10.6. The van der Waals surface area contributed by atoms with Gasteiger partial charge < -0.3 is 14.2 Å². The van der Waals surface area contributed by atoms with Crippen LogP contribution in [0.3, 0.4) is 0 Å². The van der Waals surface area contributed by atoms with Crippen LogP contribution in [0.4, 0.5) is 0 Å². The van der Waals surface area contributed by atoms with Crippen molar-refractivity contribution in [3.05, 3.63) is 48.6 Å². The highest BCUT2D eigenvalue weighted by molar-refractivity contribution is 5.13. The van der Waals surface area contributed by atoms with E-state index >= 15 is 0 Å². The maximum Gasteiger partial charge on any atom is 0.158 e. The first-order chi connectivity index (χ1) is 8.88. The monoisotopic (exact) mass is 248 g/mol. The first-order valence-electron chi connectivity index (χ1n) is 6.38. The average Bonchev–Trinajstić information content (AvgIpc) is 2.45. The second-order valence-electron chi connectivity index (χ2n) is 4.38. The van der Waals surface area contributed by atoms with Gasteiger partial charge in [0.1, 0.15) is 0 Å². The Labute approximate surface area is 108 Å². The molecule has 0 aliphatic carbocycles. The van der Waals surface area contributed by atoms with Gasteiger partial charge in [0.05, 0.1) is 25.9 Å². The summed E-state index contributed by atoms with van der Waals surface area (Å²) in [7, 11) is 0. The maximum absolute atomic E-state index is 5.82. The SMILES string of the molecule is C=CCOC1CCC(OCc2ccccc2)CO1. The maximum atomic E-state index is 5.82. The van der Waals surface area contributed by atoms with Gasteiger partial charge in [-0.25, -0.2) is 0 Å². The minimum atomic E-state index is -0.0976. The highest BCUT2D eigenvalue weighted by atomic mass is 16.7. The molecule has 1 aromatic rings. The van der Waals surface area contributed by atoms with Gasteiger partial charge >= 0.3 is 0 Å². The van der Waals surface area contributed by atoms with Crippen LogP contribution in [0.2, 0.25) is 0 Å². The molecule has 18 heavy (non-hydrogen) atoms. The third kappa shape index (κ3) is 4.26. The van der Waals surface area contributed by atoms with Crippen molar-refractivity contribution in [2.75, 3.05) is 13.2 Å². The zero-order valence-electron chi connectivity index (χ0n) is 10.6. The van der Waals surface area contributed by atoms with Crippen LogP contribution in [0, 0.1) is 0 Å². The minimum Gasteiger partial charge on any atom is -0.371 e. The molecule has 2 rings (SSSR count). The Morgan fingerprint density at radius 2 is 2.06 bits per heavy atom. The summed E-state index contributed by atoms with van der Waals surface area (Å²) >= 11 is 0. The highest BCUT2D eigenvalue weighted by Crippen LogP contribution is 2.18. The van der Waals surface area contributed by atoms with Gasteiger partial charge in [0.2, 0.25) is 0 Å². The second kappa shape index (κ2) is 7.31. The molecule has 0 spiro atoms. The molecule has 1 aliphatic heterocycles. The Bertz CT molecular complexity index is 342. The third-order valence-corrected chi connectivity index (χ3v) is 2.92. The number of benzene rings is 1. The zero-order chi connectivity index (χ0) is 12.6. The van der Waals surface area contributed by atoms with E-state index in [0.29, 0.717) is 19.8 Å². The molecule has 0 saturated carbocycles. The molecule has 1 aliphatic rings. The first kappa shape index (κ1) is 13.3. The lowest BCUT2D eigenvalue weighted by Crippen LogP contribution is -2.32. The molecule has 0 aromatic heterocycles. The molecule has 0 N–H and O–H groups in total. The van der Waals surface area contributed by atoms with Crippen LogP contribution in [0.15, 0.2) is 43.0 Å². The summed E-state index contributed by atoms with van der Waals surface area (Å²) in [4.78, 5) is 0. The van der Waals surface area contributed by atoms with Gasteiger partial charge in [0.25, 0.3) is 0 Å². The van der Waals surface area contributed by atoms with Gasteiger partial charge in [-0.15, -0.1) is 6.58 Å². The Hall–Kier alpha value is -1.16. The molecule has 3 heteroatoms. The van der Waals surface area contributed by atoms with Crippen LogP contribution in [0.5, 0.6) is 0 Å². The van der Waals surface area contributed by atoms with E-state index in [2.05, 4.69) is 18.7 Å². The van der Waals surface area contributed by atoms with Crippen molar-refractivity contribution in [1.82, 2.24) is 0 Å². The molecular weight excluding hydrogens is 228 g/mol. The van der Waals surface area contributed by atoms with Crippen LogP contribution in [-0.2, 0) is 20.8 Å². The Morgan fingerprint density at radius 1 is 1.22 bits per heavy atom. The molecule has 3 nitrogen and oxygen atoms in total. The summed E-state index contributed by atoms with van der Waals surface area (Å²) < 4.78 is 16.9. The van der Waals surface area contributed by atoms with E-state index in [-0.39, 0.29) is 12.4 Å².